The van der Waals surface area contributed by atoms with Crippen LogP contribution in [0.4, 0.5) is 5.69 Å². The molecule has 1 aromatic carbocycles. The number of aliphatic carboxylic acids is 1. The van der Waals surface area contributed by atoms with E-state index in [4.69, 9.17) is 0 Å². The molecule has 4 atom stereocenters. The van der Waals surface area contributed by atoms with E-state index < -0.39 is 11.9 Å². The number of carbonyl (C=O) groups is 2. The summed E-state index contributed by atoms with van der Waals surface area (Å²) in [5.74, 6) is -1.38. The number of anilines is 1. The van der Waals surface area contributed by atoms with Gasteiger partial charge in [-0.1, -0.05) is 18.2 Å². The number of para-hydroxylation sites is 1. The Balaban J connectivity index is 1.77. The van der Waals surface area contributed by atoms with Gasteiger partial charge < -0.3 is 10.4 Å². The standard InChI is InChI=1S/C15H17NO3/c17-14(16-11-4-2-1-3-5-11)12-9-6-7-10(8-9)13(12)15(18)19/h1-5,9-10,12-13H,6-8H2,(H,16,17)(H,18,19)/t9-,10+,12-,13+/m1/s1. The van der Waals surface area contributed by atoms with E-state index >= 15 is 0 Å². The van der Waals surface area contributed by atoms with Gasteiger partial charge in [0.25, 0.3) is 0 Å². The summed E-state index contributed by atoms with van der Waals surface area (Å²) < 4.78 is 0. The second kappa shape index (κ2) is 4.68. The number of carboxylic acid groups (broad SMARTS) is 1. The number of hydrogen-bond donors (Lipinski definition) is 2. The first-order valence-electron chi connectivity index (χ1n) is 6.75. The van der Waals surface area contributed by atoms with E-state index in [-0.39, 0.29) is 23.7 Å². The molecule has 2 aliphatic carbocycles. The number of carboxylic acids is 1. The third-order valence-electron chi connectivity index (χ3n) is 4.55. The third kappa shape index (κ3) is 2.11. The number of fused-ring (bicyclic) bond motifs is 2. The van der Waals surface area contributed by atoms with Crippen molar-refractivity contribution in [1.82, 2.24) is 0 Å². The van der Waals surface area contributed by atoms with Crippen LogP contribution in [0, 0.1) is 23.7 Å². The van der Waals surface area contributed by atoms with Crippen LogP contribution in [-0.2, 0) is 9.59 Å². The van der Waals surface area contributed by atoms with Crippen molar-refractivity contribution in [2.24, 2.45) is 23.7 Å². The lowest BCUT2D eigenvalue weighted by Gasteiger charge is -2.27. The van der Waals surface area contributed by atoms with E-state index in [9.17, 15) is 14.7 Å². The van der Waals surface area contributed by atoms with Crippen LogP contribution >= 0.6 is 0 Å². The molecule has 2 N–H and O–H groups in total. The molecular formula is C15H17NO3. The highest BCUT2D eigenvalue weighted by atomic mass is 16.4. The van der Waals surface area contributed by atoms with Crippen LogP contribution < -0.4 is 5.32 Å². The van der Waals surface area contributed by atoms with Crippen molar-refractivity contribution in [3.63, 3.8) is 0 Å². The molecule has 2 bridgehead atoms. The molecule has 100 valence electrons. The summed E-state index contributed by atoms with van der Waals surface area (Å²) >= 11 is 0. The molecule has 0 radical (unpaired) electrons. The topological polar surface area (TPSA) is 66.4 Å². The summed E-state index contributed by atoms with van der Waals surface area (Å²) in [5.41, 5.74) is 0.736. The zero-order valence-electron chi connectivity index (χ0n) is 10.6. The van der Waals surface area contributed by atoms with E-state index in [0.717, 1.165) is 24.9 Å². The molecule has 1 aromatic rings. The van der Waals surface area contributed by atoms with Crippen LogP contribution in [0.15, 0.2) is 30.3 Å². The Morgan fingerprint density at radius 1 is 1.05 bits per heavy atom. The van der Waals surface area contributed by atoms with E-state index in [1.165, 1.54) is 0 Å². The molecule has 4 nitrogen and oxygen atoms in total. The Kier molecular flexibility index (Phi) is 3.01. The summed E-state index contributed by atoms with van der Waals surface area (Å²) in [7, 11) is 0. The lowest BCUT2D eigenvalue weighted by molar-refractivity contribution is -0.148. The van der Waals surface area contributed by atoms with Gasteiger partial charge in [0.15, 0.2) is 0 Å². The van der Waals surface area contributed by atoms with Gasteiger partial charge in [0.2, 0.25) is 5.91 Å². The molecule has 19 heavy (non-hydrogen) atoms. The second-order valence-electron chi connectivity index (χ2n) is 5.58. The first kappa shape index (κ1) is 12.2. The predicted molar refractivity (Wildman–Crippen MR) is 70.5 cm³/mol. The summed E-state index contributed by atoms with van der Waals surface area (Å²) in [6.45, 7) is 0. The molecule has 0 unspecified atom stereocenters. The third-order valence-corrected chi connectivity index (χ3v) is 4.55. The first-order valence-corrected chi connectivity index (χ1v) is 6.75. The fourth-order valence-corrected chi connectivity index (χ4v) is 3.77. The second-order valence-corrected chi connectivity index (χ2v) is 5.58. The quantitative estimate of drug-likeness (QED) is 0.875. The monoisotopic (exact) mass is 259 g/mol. The average molecular weight is 259 g/mol. The Morgan fingerprint density at radius 2 is 1.68 bits per heavy atom. The molecule has 0 aliphatic heterocycles. The Morgan fingerprint density at radius 3 is 2.32 bits per heavy atom. The van der Waals surface area contributed by atoms with E-state index in [2.05, 4.69) is 5.32 Å². The fourth-order valence-electron chi connectivity index (χ4n) is 3.77. The van der Waals surface area contributed by atoms with Crippen molar-refractivity contribution < 1.29 is 14.7 Å². The summed E-state index contributed by atoms with van der Waals surface area (Å²) in [5, 5.41) is 12.2. The van der Waals surface area contributed by atoms with Gasteiger partial charge in [-0.2, -0.15) is 0 Å². The Labute approximate surface area is 111 Å². The molecule has 4 heteroatoms. The van der Waals surface area contributed by atoms with Gasteiger partial charge in [-0.3, -0.25) is 9.59 Å². The van der Waals surface area contributed by atoms with E-state index in [0.29, 0.717) is 0 Å². The van der Waals surface area contributed by atoms with Gasteiger partial charge in [0.05, 0.1) is 11.8 Å². The van der Waals surface area contributed by atoms with Crippen LogP contribution in [0.25, 0.3) is 0 Å². The smallest absolute Gasteiger partial charge is 0.307 e. The van der Waals surface area contributed by atoms with Crippen LogP contribution in [0.2, 0.25) is 0 Å². The normalized spacial score (nSPS) is 32.2. The highest BCUT2D eigenvalue weighted by molar-refractivity contribution is 5.95. The molecule has 2 aliphatic rings. The Bertz CT molecular complexity index is 499. The maximum atomic E-state index is 12.3. The van der Waals surface area contributed by atoms with Crippen molar-refractivity contribution in [3.8, 4) is 0 Å². The summed E-state index contributed by atoms with van der Waals surface area (Å²) in [4.78, 5) is 23.7. The number of rotatable bonds is 3. The number of benzene rings is 1. The van der Waals surface area contributed by atoms with Crippen LogP contribution in [0.3, 0.4) is 0 Å². The number of amides is 1. The molecule has 2 fully saturated rings. The fraction of sp³-hybridized carbons (Fsp3) is 0.467. The van der Waals surface area contributed by atoms with Gasteiger partial charge in [-0.15, -0.1) is 0 Å². The van der Waals surface area contributed by atoms with Crippen LogP contribution in [0.5, 0.6) is 0 Å². The maximum Gasteiger partial charge on any atom is 0.307 e. The van der Waals surface area contributed by atoms with E-state index in [1.54, 1.807) is 0 Å². The number of hydrogen-bond acceptors (Lipinski definition) is 2. The van der Waals surface area contributed by atoms with Crippen LogP contribution in [-0.4, -0.2) is 17.0 Å². The van der Waals surface area contributed by atoms with Crippen molar-refractivity contribution in [2.45, 2.75) is 19.3 Å². The van der Waals surface area contributed by atoms with E-state index in [1.807, 2.05) is 30.3 Å². The lowest BCUT2D eigenvalue weighted by atomic mass is 9.78. The van der Waals surface area contributed by atoms with Gasteiger partial charge in [-0.05, 0) is 43.2 Å². The number of carbonyl (C=O) groups excluding carboxylic acids is 1. The summed E-state index contributed by atoms with van der Waals surface area (Å²) in [6, 6.07) is 9.23. The Hall–Kier alpha value is -1.84. The predicted octanol–water partition coefficient (Wildman–Crippen LogP) is 2.37. The van der Waals surface area contributed by atoms with Crippen molar-refractivity contribution >= 4 is 17.6 Å². The minimum Gasteiger partial charge on any atom is -0.481 e. The average Bonchev–Trinajstić information content (AvgIpc) is 2.99. The van der Waals surface area contributed by atoms with Gasteiger partial charge in [-0.25, -0.2) is 0 Å². The largest absolute Gasteiger partial charge is 0.481 e. The first-order chi connectivity index (χ1) is 9.16. The van der Waals surface area contributed by atoms with Crippen molar-refractivity contribution in [3.05, 3.63) is 30.3 Å². The van der Waals surface area contributed by atoms with Gasteiger partial charge >= 0.3 is 5.97 Å². The number of nitrogens with one attached hydrogen (secondary N) is 1. The molecule has 2 saturated carbocycles. The molecular weight excluding hydrogens is 242 g/mol. The minimum atomic E-state index is -0.819. The summed E-state index contributed by atoms with van der Waals surface area (Å²) in [6.07, 6.45) is 2.84. The minimum absolute atomic E-state index is 0.134. The molecule has 0 aromatic heterocycles. The van der Waals surface area contributed by atoms with Crippen LogP contribution in [0.1, 0.15) is 19.3 Å². The van der Waals surface area contributed by atoms with Gasteiger partial charge in [0, 0.05) is 5.69 Å². The maximum absolute atomic E-state index is 12.3. The zero-order chi connectivity index (χ0) is 13.4. The molecule has 1 amide bonds. The molecule has 0 spiro atoms. The van der Waals surface area contributed by atoms with Gasteiger partial charge in [0.1, 0.15) is 0 Å². The zero-order valence-corrected chi connectivity index (χ0v) is 10.6. The SMILES string of the molecule is O=C(Nc1ccccc1)[C@@H]1[C@@H]2CC[C@@H](C2)[C@@H]1C(=O)O. The van der Waals surface area contributed by atoms with Crippen molar-refractivity contribution in [1.29, 1.82) is 0 Å². The lowest BCUT2D eigenvalue weighted by Crippen LogP contribution is -2.37. The highest BCUT2D eigenvalue weighted by Crippen LogP contribution is 2.52. The molecule has 3 rings (SSSR count). The van der Waals surface area contributed by atoms with Crippen molar-refractivity contribution in [2.75, 3.05) is 5.32 Å². The molecule has 0 heterocycles. The highest BCUT2D eigenvalue weighted by Gasteiger charge is 2.53. The molecule has 0 saturated heterocycles.